The quantitative estimate of drug-likeness (QED) is 0.821. The van der Waals surface area contributed by atoms with Gasteiger partial charge in [0.05, 0.1) is 12.6 Å². The third kappa shape index (κ3) is 4.95. The van der Waals surface area contributed by atoms with Crippen LogP contribution in [0.3, 0.4) is 0 Å². The lowest BCUT2D eigenvalue weighted by molar-refractivity contribution is -0.133. The number of likely N-dealkylation sites (tertiary alicyclic amines) is 1. The monoisotopic (exact) mass is 346 g/mol. The molecule has 2 amide bonds. The van der Waals surface area contributed by atoms with Gasteiger partial charge in [-0.1, -0.05) is 0 Å². The molecule has 0 bridgehead atoms. The molecule has 1 fully saturated rings. The SMILES string of the molecule is CCN(CC)c1ccc(NC(=O)CN2CCCC2C(=O)N(C)C)cc1. The zero-order chi connectivity index (χ0) is 18.4. The summed E-state index contributed by atoms with van der Waals surface area (Å²) in [5.41, 5.74) is 1.94. The van der Waals surface area contributed by atoms with Crippen molar-refractivity contribution in [3.63, 3.8) is 0 Å². The lowest BCUT2D eigenvalue weighted by atomic mass is 10.2. The highest BCUT2D eigenvalue weighted by Gasteiger charge is 2.32. The standard InChI is InChI=1S/C19H30N4O2/c1-5-22(6-2)16-11-9-15(10-12-16)20-18(24)14-23-13-7-8-17(23)19(25)21(3)4/h9-12,17H,5-8,13-14H2,1-4H3,(H,20,24). The molecule has 0 aromatic heterocycles. The minimum atomic E-state index is -0.175. The molecule has 0 spiro atoms. The zero-order valence-corrected chi connectivity index (χ0v) is 15.8. The third-order valence-corrected chi connectivity index (χ3v) is 4.72. The molecule has 0 saturated carbocycles. The number of nitrogens with one attached hydrogen (secondary N) is 1. The number of nitrogens with zero attached hydrogens (tertiary/aromatic N) is 3. The predicted octanol–water partition coefficient (Wildman–Crippen LogP) is 2.02. The molecule has 1 aliphatic rings. The molecule has 1 unspecified atom stereocenters. The number of amides is 2. The summed E-state index contributed by atoms with van der Waals surface area (Å²) >= 11 is 0. The van der Waals surface area contributed by atoms with Crippen LogP contribution in [0.5, 0.6) is 0 Å². The predicted molar refractivity (Wildman–Crippen MR) is 102 cm³/mol. The normalized spacial score (nSPS) is 17.4. The highest BCUT2D eigenvalue weighted by Crippen LogP contribution is 2.20. The Morgan fingerprint density at radius 2 is 1.80 bits per heavy atom. The Kier molecular flexibility index (Phi) is 6.82. The van der Waals surface area contributed by atoms with Crippen molar-refractivity contribution in [2.45, 2.75) is 32.7 Å². The molecule has 25 heavy (non-hydrogen) atoms. The van der Waals surface area contributed by atoms with Crippen LogP contribution in [0.4, 0.5) is 11.4 Å². The Balaban J connectivity index is 1.92. The van der Waals surface area contributed by atoms with E-state index in [9.17, 15) is 9.59 Å². The van der Waals surface area contributed by atoms with Crippen molar-refractivity contribution in [2.75, 3.05) is 50.5 Å². The van der Waals surface area contributed by atoms with Crippen LogP contribution in [0.25, 0.3) is 0 Å². The summed E-state index contributed by atoms with van der Waals surface area (Å²) in [5.74, 6) is 0.00270. The van der Waals surface area contributed by atoms with Crippen molar-refractivity contribution in [1.82, 2.24) is 9.80 Å². The number of anilines is 2. The first-order valence-corrected chi connectivity index (χ1v) is 9.06. The molecule has 0 aliphatic carbocycles. The van der Waals surface area contributed by atoms with Gasteiger partial charge in [0.15, 0.2) is 0 Å². The van der Waals surface area contributed by atoms with Gasteiger partial charge < -0.3 is 15.1 Å². The largest absolute Gasteiger partial charge is 0.372 e. The van der Waals surface area contributed by atoms with Crippen molar-refractivity contribution in [2.24, 2.45) is 0 Å². The lowest BCUT2D eigenvalue weighted by Gasteiger charge is -2.25. The van der Waals surface area contributed by atoms with Gasteiger partial charge in [-0.15, -0.1) is 0 Å². The minimum Gasteiger partial charge on any atom is -0.372 e. The number of rotatable bonds is 7. The minimum absolute atomic E-state index is 0.0750. The van der Waals surface area contributed by atoms with E-state index in [1.54, 1.807) is 19.0 Å². The summed E-state index contributed by atoms with van der Waals surface area (Å²) in [6, 6.07) is 7.73. The lowest BCUT2D eigenvalue weighted by Crippen LogP contribution is -2.45. The third-order valence-electron chi connectivity index (χ3n) is 4.72. The maximum absolute atomic E-state index is 12.3. The summed E-state index contributed by atoms with van der Waals surface area (Å²) in [6.07, 6.45) is 1.78. The van der Waals surface area contributed by atoms with Crippen molar-refractivity contribution in [3.05, 3.63) is 24.3 Å². The van der Waals surface area contributed by atoms with Crippen LogP contribution in [0.2, 0.25) is 0 Å². The van der Waals surface area contributed by atoms with E-state index in [4.69, 9.17) is 0 Å². The van der Waals surface area contributed by atoms with Gasteiger partial charge in [-0.2, -0.15) is 0 Å². The fourth-order valence-electron chi connectivity index (χ4n) is 3.32. The van der Waals surface area contributed by atoms with Crippen LogP contribution in [0.1, 0.15) is 26.7 Å². The molecule has 2 rings (SSSR count). The maximum atomic E-state index is 12.3. The number of likely N-dealkylation sites (N-methyl/N-ethyl adjacent to an activating group) is 1. The molecule has 1 aromatic rings. The second-order valence-electron chi connectivity index (χ2n) is 6.63. The van der Waals surface area contributed by atoms with Crippen LogP contribution in [-0.2, 0) is 9.59 Å². The van der Waals surface area contributed by atoms with Gasteiger partial charge in [0.25, 0.3) is 0 Å². The summed E-state index contributed by atoms with van der Waals surface area (Å²) in [6.45, 7) is 7.21. The van der Waals surface area contributed by atoms with Crippen LogP contribution in [-0.4, -0.2) is 67.9 Å². The first-order chi connectivity index (χ1) is 12.0. The van der Waals surface area contributed by atoms with E-state index in [2.05, 4.69) is 24.1 Å². The molecular weight excluding hydrogens is 316 g/mol. The van der Waals surface area contributed by atoms with E-state index in [1.165, 1.54) is 0 Å². The van der Waals surface area contributed by atoms with Crippen molar-refractivity contribution < 1.29 is 9.59 Å². The molecule has 0 radical (unpaired) electrons. The van der Waals surface area contributed by atoms with Crippen LogP contribution < -0.4 is 10.2 Å². The smallest absolute Gasteiger partial charge is 0.239 e. The van der Waals surface area contributed by atoms with E-state index in [0.717, 1.165) is 43.9 Å². The van der Waals surface area contributed by atoms with E-state index >= 15 is 0 Å². The van der Waals surface area contributed by atoms with Gasteiger partial charge in [0, 0.05) is 38.6 Å². The summed E-state index contributed by atoms with van der Waals surface area (Å²) in [7, 11) is 3.52. The number of carbonyl (C=O) groups is 2. The average Bonchev–Trinajstić information content (AvgIpc) is 3.04. The topological polar surface area (TPSA) is 55.9 Å². The zero-order valence-electron chi connectivity index (χ0n) is 15.8. The molecule has 6 nitrogen and oxygen atoms in total. The molecule has 1 aromatic carbocycles. The average molecular weight is 346 g/mol. The van der Waals surface area contributed by atoms with E-state index < -0.39 is 0 Å². The van der Waals surface area contributed by atoms with E-state index in [-0.39, 0.29) is 24.4 Å². The maximum Gasteiger partial charge on any atom is 0.239 e. The van der Waals surface area contributed by atoms with Gasteiger partial charge in [0.2, 0.25) is 11.8 Å². The Hall–Kier alpha value is -2.08. The van der Waals surface area contributed by atoms with E-state index in [1.807, 2.05) is 29.2 Å². The van der Waals surface area contributed by atoms with Gasteiger partial charge in [-0.25, -0.2) is 0 Å². The second kappa shape index (κ2) is 8.85. The molecule has 1 saturated heterocycles. The summed E-state index contributed by atoms with van der Waals surface area (Å²) in [5, 5.41) is 2.94. The highest BCUT2D eigenvalue weighted by atomic mass is 16.2. The van der Waals surface area contributed by atoms with Crippen molar-refractivity contribution >= 4 is 23.2 Å². The fraction of sp³-hybridized carbons (Fsp3) is 0.579. The van der Waals surface area contributed by atoms with Crippen LogP contribution >= 0.6 is 0 Å². The summed E-state index contributed by atoms with van der Waals surface area (Å²) < 4.78 is 0. The molecular formula is C19H30N4O2. The van der Waals surface area contributed by atoms with Crippen LogP contribution in [0.15, 0.2) is 24.3 Å². The Morgan fingerprint density at radius 1 is 1.16 bits per heavy atom. The molecule has 6 heteroatoms. The van der Waals surface area contributed by atoms with Gasteiger partial charge in [-0.3, -0.25) is 14.5 Å². The molecule has 1 N–H and O–H groups in total. The number of benzene rings is 1. The Bertz CT molecular complexity index is 582. The Labute approximate surface area is 150 Å². The van der Waals surface area contributed by atoms with E-state index in [0.29, 0.717) is 0 Å². The van der Waals surface area contributed by atoms with Gasteiger partial charge >= 0.3 is 0 Å². The Morgan fingerprint density at radius 3 is 2.36 bits per heavy atom. The number of hydrogen-bond donors (Lipinski definition) is 1. The van der Waals surface area contributed by atoms with Crippen LogP contribution in [0, 0.1) is 0 Å². The van der Waals surface area contributed by atoms with Gasteiger partial charge in [0.1, 0.15) is 0 Å². The molecule has 1 heterocycles. The highest BCUT2D eigenvalue weighted by molar-refractivity contribution is 5.93. The molecule has 1 aliphatic heterocycles. The first kappa shape index (κ1) is 19.2. The fourth-order valence-corrected chi connectivity index (χ4v) is 3.32. The van der Waals surface area contributed by atoms with Crippen molar-refractivity contribution in [3.8, 4) is 0 Å². The summed E-state index contributed by atoms with van der Waals surface area (Å²) in [4.78, 5) is 30.4. The number of carbonyl (C=O) groups excluding carboxylic acids is 2. The van der Waals surface area contributed by atoms with Gasteiger partial charge in [-0.05, 0) is 57.5 Å². The van der Waals surface area contributed by atoms with Crippen molar-refractivity contribution in [1.29, 1.82) is 0 Å². The molecule has 138 valence electrons. The molecule has 1 atom stereocenters. The first-order valence-electron chi connectivity index (χ1n) is 9.06. The number of hydrogen-bond acceptors (Lipinski definition) is 4. The second-order valence-corrected chi connectivity index (χ2v) is 6.63.